The Morgan fingerprint density at radius 2 is 1.95 bits per heavy atom. The van der Waals surface area contributed by atoms with Gasteiger partial charge in [-0.1, -0.05) is 41.6 Å². The van der Waals surface area contributed by atoms with Gasteiger partial charge >= 0.3 is 0 Å². The highest BCUT2D eigenvalue weighted by Gasteiger charge is 2.30. The van der Waals surface area contributed by atoms with Crippen LogP contribution < -0.4 is 10.9 Å². The number of fused-ring (bicyclic) bond motifs is 1. The van der Waals surface area contributed by atoms with Gasteiger partial charge in [0.15, 0.2) is 5.16 Å². The summed E-state index contributed by atoms with van der Waals surface area (Å²) < 4.78 is 0. The second kappa shape index (κ2) is 5.37. The normalized spacial score (nSPS) is 17.2. The SMILES string of the molecule is CSc1nc2c(c(=O)[nH]1)[C@@H](c1ccc(C)cc1)CC(=O)N2. The number of aryl methyl sites for hydroxylation is 1. The first-order valence-electron chi connectivity index (χ1n) is 6.63. The number of carbonyl (C=O) groups is 1. The van der Waals surface area contributed by atoms with Gasteiger partial charge in [-0.05, 0) is 18.7 Å². The van der Waals surface area contributed by atoms with Crippen LogP contribution in [0.1, 0.15) is 29.0 Å². The molecule has 0 saturated carbocycles. The van der Waals surface area contributed by atoms with E-state index in [1.807, 2.05) is 37.4 Å². The van der Waals surface area contributed by atoms with E-state index in [1.165, 1.54) is 11.8 Å². The maximum atomic E-state index is 12.3. The molecule has 3 rings (SSSR count). The van der Waals surface area contributed by atoms with E-state index in [0.29, 0.717) is 16.5 Å². The Kier molecular flexibility index (Phi) is 3.55. The maximum absolute atomic E-state index is 12.3. The van der Waals surface area contributed by atoms with E-state index >= 15 is 0 Å². The van der Waals surface area contributed by atoms with Crippen molar-refractivity contribution in [2.45, 2.75) is 24.4 Å². The number of aromatic amines is 1. The van der Waals surface area contributed by atoms with Gasteiger partial charge in [-0.25, -0.2) is 4.98 Å². The first kappa shape index (κ1) is 13.9. The molecule has 1 aromatic heterocycles. The molecule has 1 aromatic carbocycles. The van der Waals surface area contributed by atoms with Crippen LogP contribution in [0, 0.1) is 6.92 Å². The van der Waals surface area contributed by atoms with Crippen molar-refractivity contribution in [3.8, 4) is 0 Å². The average Bonchev–Trinajstić information content (AvgIpc) is 2.46. The van der Waals surface area contributed by atoms with Gasteiger partial charge in [0.05, 0.1) is 5.56 Å². The summed E-state index contributed by atoms with van der Waals surface area (Å²) in [4.78, 5) is 31.3. The zero-order valence-corrected chi connectivity index (χ0v) is 12.6. The van der Waals surface area contributed by atoms with Crippen molar-refractivity contribution in [1.29, 1.82) is 0 Å². The minimum absolute atomic E-state index is 0.113. The zero-order chi connectivity index (χ0) is 15.0. The molecule has 0 spiro atoms. The molecular weight excluding hydrogens is 286 g/mol. The smallest absolute Gasteiger partial charge is 0.257 e. The fourth-order valence-electron chi connectivity index (χ4n) is 2.53. The Morgan fingerprint density at radius 1 is 1.24 bits per heavy atom. The van der Waals surface area contributed by atoms with Gasteiger partial charge in [0.2, 0.25) is 5.91 Å². The molecular formula is C15H15N3O2S. The molecule has 21 heavy (non-hydrogen) atoms. The minimum atomic E-state index is -0.249. The standard InChI is InChI=1S/C15H15N3O2S/c1-8-3-5-9(6-4-8)10-7-11(19)16-13-12(10)14(20)18-15(17-13)21-2/h3-6,10H,7H2,1-2H3,(H2,16,17,18,19,20)/t10-/m1/s1. The van der Waals surface area contributed by atoms with Crippen LogP contribution in [0.2, 0.25) is 0 Å². The van der Waals surface area contributed by atoms with E-state index in [9.17, 15) is 9.59 Å². The summed E-state index contributed by atoms with van der Waals surface area (Å²) in [5.74, 6) is 0.0182. The predicted molar refractivity (Wildman–Crippen MR) is 82.9 cm³/mol. The molecule has 2 aromatic rings. The lowest BCUT2D eigenvalue weighted by Gasteiger charge is -2.24. The second-order valence-corrected chi connectivity index (χ2v) is 5.85. The number of nitrogens with one attached hydrogen (secondary N) is 2. The Hall–Kier alpha value is -2.08. The molecule has 1 aliphatic heterocycles. The monoisotopic (exact) mass is 301 g/mol. The van der Waals surface area contributed by atoms with Gasteiger partial charge in [-0.2, -0.15) is 0 Å². The highest BCUT2D eigenvalue weighted by molar-refractivity contribution is 7.98. The average molecular weight is 301 g/mol. The minimum Gasteiger partial charge on any atom is -0.310 e. The third kappa shape index (κ3) is 2.58. The molecule has 5 nitrogen and oxygen atoms in total. The lowest BCUT2D eigenvalue weighted by Crippen LogP contribution is -2.31. The maximum Gasteiger partial charge on any atom is 0.257 e. The first-order chi connectivity index (χ1) is 10.1. The quantitative estimate of drug-likeness (QED) is 0.659. The van der Waals surface area contributed by atoms with Crippen LogP contribution in [0.15, 0.2) is 34.2 Å². The van der Waals surface area contributed by atoms with E-state index in [1.54, 1.807) is 0 Å². The number of H-pyrrole nitrogens is 1. The summed E-state index contributed by atoms with van der Waals surface area (Å²) in [7, 11) is 0. The van der Waals surface area contributed by atoms with Gasteiger partial charge in [0, 0.05) is 12.3 Å². The number of thioether (sulfide) groups is 1. The molecule has 0 fully saturated rings. The van der Waals surface area contributed by atoms with Gasteiger partial charge in [-0.15, -0.1) is 0 Å². The molecule has 0 unspecified atom stereocenters. The first-order valence-corrected chi connectivity index (χ1v) is 7.85. The summed E-state index contributed by atoms with van der Waals surface area (Å²) in [6.45, 7) is 2.00. The number of hydrogen-bond acceptors (Lipinski definition) is 4. The molecule has 0 bridgehead atoms. The Labute approximate surface area is 126 Å². The number of hydrogen-bond donors (Lipinski definition) is 2. The van der Waals surface area contributed by atoms with Crippen LogP contribution in [0.3, 0.4) is 0 Å². The van der Waals surface area contributed by atoms with E-state index < -0.39 is 0 Å². The molecule has 2 N–H and O–H groups in total. The van der Waals surface area contributed by atoms with Crippen molar-refractivity contribution in [1.82, 2.24) is 9.97 Å². The van der Waals surface area contributed by atoms with Crippen molar-refractivity contribution >= 4 is 23.5 Å². The zero-order valence-electron chi connectivity index (χ0n) is 11.8. The van der Waals surface area contributed by atoms with Gasteiger partial charge < -0.3 is 10.3 Å². The molecule has 1 atom stereocenters. The van der Waals surface area contributed by atoms with Crippen molar-refractivity contribution in [2.24, 2.45) is 0 Å². The summed E-state index contributed by atoms with van der Waals surface area (Å²) in [6.07, 6.45) is 2.09. The van der Waals surface area contributed by atoms with Crippen LogP contribution in [0.5, 0.6) is 0 Å². The van der Waals surface area contributed by atoms with E-state index in [2.05, 4.69) is 15.3 Å². The highest BCUT2D eigenvalue weighted by atomic mass is 32.2. The molecule has 0 aliphatic carbocycles. The number of rotatable bonds is 2. The molecule has 108 valence electrons. The summed E-state index contributed by atoms with van der Waals surface area (Å²) >= 11 is 1.34. The molecule has 6 heteroatoms. The van der Waals surface area contributed by atoms with E-state index in [-0.39, 0.29) is 23.8 Å². The topological polar surface area (TPSA) is 74.8 Å². The number of aromatic nitrogens is 2. The fraction of sp³-hybridized carbons (Fsp3) is 0.267. The van der Waals surface area contributed by atoms with Crippen LogP contribution in [-0.4, -0.2) is 22.1 Å². The summed E-state index contributed by atoms with van der Waals surface area (Å²) in [5.41, 5.74) is 2.45. The van der Waals surface area contributed by atoms with Crippen molar-refractivity contribution in [3.63, 3.8) is 0 Å². The number of benzene rings is 1. The van der Waals surface area contributed by atoms with Crippen molar-refractivity contribution < 1.29 is 4.79 Å². The lowest BCUT2D eigenvalue weighted by atomic mass is 9.86. The lowest BCUT2D eigenvalue weighted by molar-refractivity contribution is -0.116. The predicted octanol–water partition coefficient (Wildman–Crippen LogP) is 2.27. The molecule has 0 radical (unpaired) electrons. The number of anilines is 1. The van der Waals surface area contributed by atoms with Crippen LogP contribution in [0.25, 0.3) is 0 Å². The van der Waals surface area contributed by atoms with Crippen molar-refractivity contribution in [3.05, 3.63) is 51.3 Å². The second-order valence-electron chi connectivity index (χ2n) is 5.05. The third-order valence-electron chi connectivity index (χ3n) is 3.60. The molecule has 1 aliphatic rings. The Balaban J connectivity index is 2.15. The number of nitrogens with zero attached hydrogens (tertiary/aromatic N) is 1. The van der Waals surface area contributed by atoms with Gasteiger partial charge in [0.1, 0.15) is 5.82 Å². The van der Waals surface area contributed by atoms with Crippen LogP contribution >= 0.6 is 11.8 Å². The fourth-order valence-corrected chi connectivity index (χ4v) is 2.91. The summed E-state index contributed by atoms with van der Waals surface area (Å²) in [6, 6.07) is 7.90. The number of carbonyl (C=O) groups excluding carboxylic acids is 1. The number of amides is 1. The van der Waals surface area contributed by atoms with Crippen molar-refractivity contribution in [2.75, 3.05) is 11.6 Å². The highest BCUT2D eigenvalue weighted by Crippen LogP contribution is 2.34. The van der Waals surface area contributed by atoms with Crippen LogP contribution in [-0.2, 0) is 4.79 Å². The van der Waals surface area contributed by atoms with E-state index in [4.69, 9.17) is 0 Å². The third-order valence-corrected chi connectivity index (χ3v) is 4.18. The Bertz CT molecular complexity index is 753. The molecule has 2 heterocycles. The Morgan fingerprint density at radius 3 is 2.62 bits per heavy atom. The summed E-state index contributed by atoms with van der Waals surface area (Å²) in [5, 5.41) is 3.21. The van der Waals surface area contributed by atoms with Gasteiger partial charge in [-0.3, -0.25) is 9.59 Å². The van der Waals surface area contributed by atoms with Crippen LogP contribution in [0.4, 0.5) is 5.82 Å². The van der Waals surface area contributed by atoms with Gasteiger partial charge in [0.25, 0.3) is 5.56 Å². The largest absolute Gasteiger partial charge is 0.310 e. The van der Waals surface area contributed by atoms with E-state index in [0.717, 1.165) is 11.1 Å². The molecule has 1 amide bonds. The molecule has 0 saturated heterocycles.